The molecule has 0 fully saturated rings. The van der Waals surface area contributed by atoms with Gasteiger partial charge in [0.2, 0.25) is 0 Å². The van der Waals surface area contributed by atoms with Gasteiger partial charge in [0.15, 0.2) is 0 Å². The van der Waals surface area contributed by atoms with Crippen LogP contribution in [-0.2, 0) is 0 Å². The van der Waals surface area contributed by atoms with Crippen LogP contribution in [-0.4, -0.2) is 22.4 Å². The Morgan fingerprint density at radius 1 is 1.05 bits per heavy atom. The molecular weight excluding hydrogens is 246 g/mol. The van der Waals surface area contributed by atoms with Gasteiger partial charge in [-0.15, -0.1) is 0 Å². The first-order valence-corrected chi connectivity index (χ1v) is 5.49. The van der Waals surface area contributed by atoms with Gasteiger partial charge in [-0.2, -0.15) is 0 Å². The van der Waals surface area contributed by atoms with Crippen molar-refractivity contribution >= 4 is 17.9 Å². The Balaban J connectivity index is 2.20. The summed E-state index contributed by atoms with van der Waals surface area (Å²) < 4.78 is 0. The number of aromatic hydroxyl groups is 2. The summed E-state index contributed by atoms with van der Waals surface area (Å²) in [6, 6.07) is 9.95. The molecule has 3 N–H and O–H groups in total. The van der Waals surface area contributed by atoms with Crippen LogP contribution in [0.1, 0.15) is 20.7 Å². The first-order chi connectivity index (χ1) is 9.10. The normalized spacial score (nSPS) is 9.89. The fraction of sp³-hybridized carbons (Fsp3) is 0. The van der Waals surface area contributed by atoms with Gasteiger partial charge in [0.05, 0.1) is 5.56 Å². The zero-order chi connectivity index (χ0) is 13.8. The number of aldehydes is 1. The van der Waals surface area contributed by atoms with E-state index in [-0.39, 0.29) is 17.1 Å². The first kappa shape index (κ1) is 12.6. The molecule has 0 aliphatic carbocycles. The molecule has 0 saturated heterocycles. The van der Waals surface area contributed by atoms with Gasteiger partial charge in [0.1, 0.15) is 17.8 Å². The van der Waals surface area contributed by atoms with Crippen molar-refractivity contribution in [1.82, 2.24) is 0 Å². The number of carbonyl (C=O) groups excluding carboxylic acids is 2. The van der Waals surface area contributed by atoms with Crippen LogP contribution in [0.2, 0.25) is 0 Å². The Labute approximate surface area is 109 Å². The number of carbonyl (C=O) groups is 2. The fourth-order valence-electron chi connectivity index (χ4n) is 1.55. The average molecular weight is 257 g/mol. The van der Waals surface area contributed by atoms with Crippen molar-refractivity contribution in [2.75, 3.05) is 5.32 Å². The summed E-state index contributed by atoms with van der Waals surface area (Å²) >= 11 is 0. The summed E-state index contributed by atoms with van der Waals surface area (Å²) in [5, 5.41) is 21.4. The lowest BCUT2D eigenvalue weighted by Gasteiger charge is -2.07. The van der Waals surface area contributed by atoms with Gasteiger partial charge in [-0.1, -0.05) is 0 Å². The van der Waals surface area contributed by atoms with E-state index in [1.807, 2.05) is 0 Å². The largest absolute Gasteiger partial charge is 0.508 e. The number of phenols is 2. The Hall–Kier alpha value is -2.82. The van der Waals surface area contributed by atoms with E-state index in [1.54, 1.807) is 24.3 Å². The third-order valence-electron chi connectivity index (χ3n) is 2.53. The average Bonchev–Trinajstić information content (AvgIpc) is 2.42. The van der Waals surface area contributed by atoms with Crippen LogP contribution in [0.4, 0.5) is 5.69 Å². The second-order valence-electron chi connectivity index (χ2n) is 3.90. The minimum atomic E-state index is -0.549. The maximum absolute atomic E-state index is 11.9. The van der Waals surface area contributed by atoms with E-state index in [4.69, 9.17) is 0 Å². The molecule has 0 heterocycles. The molecule has 1 amide bonds. The highest BCUT2D eigenvalue weighted by atomic mass is 16.3. The number of hydrogen-bond acceptors (Lipinski definition) is 4. The van der Waals surface area contributed by atoms with Crippen molar-refractivity contribution in [1.29, 1.82) is 0 Å². The second-order valence-corrected chi connectivity index (χ2v) is 3.90. The van der Waals surface area contributed by atoms with Gasteiger partial charge in [0.25, 0.3) is 5.91 Å². The standard InChI is InChI=1S/C14H11NO4/c16-8-9-1-3-10(4-2-9)15-14(19)12-7-11(17)5-6-13(12)18/h1-8,17-18H,(H,15,19). The molecule has 2 aromatic carbocycles. The number of amides is 1. The number of anilines is 1. The highest BCUT2D eigenvalue weighted by molar-refractivity contribution is 6.06. The molecule has 0 aliphatic rings. The molecule has 19 heavy (non-hydrogen) atoms. The van der Waals surface area contributed by atoms with Gasteiger partial charge in [0, 0.05) is 11.3 Å². The molecule has 0 aromatic heterocycles. The zero-order valence-corrected chi connectivity index (χ0v) is 9.83. The van der Waals surface area contributed by atoms with E-state index in [2.05, 4.69) is 5.32 Å². The number of benzene rings is 2. The highest BCUT2D eigenvalue weighted by Gasteiger charge is 2.12. The van der Waals surface area contributed by atoms with E-state index in [1.165, 1.54) is 18.2 Å². The van der Waals surface area contributed by atoms with Crippen molar-refractivity contribution in [3.8, 4) is 11.5 Å². The minimum Gasteiger partial charge on any atom is -0.508 e. The summed E-state index contributed by atoms with van der Waals surface area (Å²) in [6.45, 7) is 0. The Bertz CT molecular complexity index is 620. The lowest BCUT2D eigenvalue weighted by Crippen LogP contribution is -2.12. The van der Waals surface area contributed by atoms with Crippen LogP contribution in [0.5, 0.6) is 11.5 Å². The minimum absolute atomic E-state index is 0.0283. The van der Waals surface area contributed by atoms with Gasteiger partial charge in [-0.3, -0.25) is 9.59 Å². The summed E-state index contributed by atoms with van der Waals surface area (Å²) in [5.74, 6) is -0.883. The van der Waals surface area contributed by atoms with Gasteiger partial charge >= 0.3 is 0 Å². The predicted molar refractivity (Wildman–Crippen MR) is 69.6 cm³/mol. The molecule has 2 rings (SSSR count). The van der Waals surface area contributed by atoms with Crippen LogP contribution in [0.3, 0.4) is 0 Å². The molecule has 0 unspecified atom stereocenters. The Kier molecular flexibility index (Phi) is 3.47. The molecule has 0 saturated carbocycles. The monoisotopic (exact) mass is 257 g/mol. The summed E-state index contributed by atoms with van der Waals surface area (Å²) in [5.41, 5.74) is 0.955. The summed E-state index contributed by atoms with van der Waals surface area (Å²) in [6.07, 6.45) is 0.701. The van der Waals surface area contributed by atoms with Crippen LogP contribution < -0.4 is 5.32 Å². The van der Waals surface area contributed by atoms with Crippen molar-refractivity contribution in [2.45, 2.75) is 0 Å². The molecule has 5 heteroatoms. The lowest BCUT2D eigenvalue weighted by atomic mass is 10.1. The second kappa shape index (κ2) is 5.22. The van der Waals surface area contributed by atoms with E-state index in [0.29, 0.717) is 17.5 Å². The van der Waals surface area contributed by atoms with Crippen LogP contribution in [0, 0.1) is 0 Å². The SMILES string of the molecule is O=Cc1ccc(NC(=O)c2cc(O)ccc2O)cc1. The molecule has 0 bridgehead atoms. The van der Waals surface area contributed by atoms with Crippen molar-refractivity contribution in [3.05, 3.63) is 53.6 Å². The number of phenolic OH excluding ortho intramolecular Hbond substituents is 2. The zero-order valence-electron chi connectivity index (χ0n) is 9.83. The first-order valence-electron chi connectivity index (χ1n) is 5.49. The maximum Gasteiger partial charge on any atom is 0.259 e. The smallest absolute Gasteiger partial charge is 0.259 e. The van der Waals surface area contributed by atoms with E-state index < -0.39 is 5.91 Å². The van der Waals surface area contributed by atoms with Crippen molar-refractivity contribution in [3.63, 3.8) is 0 Å². The number of hydrogen-bond donors (Lipinski definition) is 3. The fourth-order valence-corrected chi connectivity index (χ4v) is 1.55. The molecule has 5 nitrogen and oxygen atoms in total. The molecule has 0 spiro atoms. The van der Waals surface area contributed by atoms with Gasteiger partial charge in [-0.25, -0.2) is 0 Å². The Morgan fingerprint density at radius 3 is 2.37 bits per heavy atom. The molecule has 96 valence electrons. The van der Waals surface area contributed by atoms with Gasteiger partial charge in [-0.05, 0) is 42.5 Å². The summed E-state index contributed by atoms with van der Waals surface area (Å²) in [7, 11) is 0. The third-order valence-corrected chi connectivity index (χ3v) is 2.53. The summed E-state index contributed by atoms with van der Waals surface area (Å²) in [4.78, 5) is 22.4. The van der Waals surface area contributed by atoms with E-state index in [0.717, 1.165) is 0 Å². The molecule has 0 radical (unpaired) electrons. The van der Waals surface area contributed by atoms with Crippen LogP contribution in [0.25, 0.3) is 0 Å². The molecular formula is C14H11NO4. The maximum atomic E-state index is 11.9. The van der Waals surface area contributed by atoms with Crippen LogP contribution in [0.15, 0.2) is 42.5 Å². The van der Waals surface area contributed by atoms with Crippen LogP contribution >= 0.6 is 0 Å². The van der Waals surface area contributed by atoms with E-state index >= 15 is 0 Å². The van der Waals surface area contributed by atoms with Crippen molar-refractivity contribution < 1.29 is 19.8 Å². The molecule has 2 aromatic rings. The Morgan fingerprint density at radius 2 is 1.74 bits per heavy atom. The predicted octanol–water partition coefficient (Wildman–Crippen LogP) is 2.16. The highest BCUT2D eigenvalue weighted by Crippen LogP contribution is 2.23. The lowest BCUT2D eigenvalue weighted by molar-refractivity contribution is 0.102. The molecule has 0 aliphatic heterocycles. The molecule has 0 atom stereocenters. The topological polar surface area (TPSA) is 86.6 Å². The number of rotatable bonds is 3. The van der Waals surface area contributed by atoms with E-state index in [9.17, 15) is 19.8 Å². The quantitative estimate of drug-likeness (QED) is 0.581. The van der Waals surface area contributed by atoms with Gasteiger partial charge < -0.3 is 15.5 Å². The number of nitrogens with one attached hydrogen (secondary N) is 1. The third kappa shape index (κ3) is 2.90. The van der Waals surface area contributed by atoms with Crippen molar-refractivity contribution in [2.24, 2.45) is 0 Å².